The van der Waals surface area contributed by atoms with E-state index in [0.717, 1.165) is 21.6 Å². The largest absolute Gasteiger partial charge is 0.493 e. The molecule has 0 atom stereocenters. The maximum atomic E-state index is 13.0. The van der Waals surface area contributed by atoms with E-state index in [2.05, 4.69) is 21.5 Å². The second-order valence-electron chi connectivity index (χ2n) is 6.64. The molecular weight excluding hydrogens is 370 g/mol. The maximum absolute atomic E-state index is 13.0. The molecule has 1 aliphatic heterocycles. The van der Waals surface area contributed by atoms with Crippen LogP contribution in [0.15, 0.2) is 53.7 Å². The zero-order valence-corrected chi connectivity index (χ0v) is 16.7. The van der Waals surface area contributed by atoms with Crippen LogP contribution in [0.4, 0.5) is 0 Å². The molecule has 0 spiro atoms. The number of nitrogens with zero attached hydrogens (tertiary/aromatic N) is 3. The van der Waals surface area contributed by atoms with E-state index in [-0.39, 0.29) is 5.91 Å². The van der Waals surface area contributed by atoms with Crippen molar-refractivity contribution in [2.24, 2.45) is 4.99 Å². The Bertz CT molecular complexity index is 1030. The summed E-state index contributed by atoms with van der Waals surface area (Å²) in [7, 11) is 1.83. The quantitative estimate of drug-likeness (QED) is 0.625. The normalized spacial score (nSPS) is 12.1. The second kappa shape index (κ2) is 7.94. The highest BCUT2D eigenvalue weighted by molar-refractivity contribution is 7.09. The maximum Gasteiger partial charge on any atom is 0.254 e. The fourth-order valence-corrected chi connectivity index (χ4v) is 4.01. The first-order valence-corrected chi connectivity index (χ1v) is 9.98. The minimum absolute atomic E-state index is 0.0340. The molecule has 142 valence electrons. The Kier molecular flexibility index (Phi) is 5.21. The third-order valence-corrected chi connectivity index (χ3v) is 5.55. The average molecular weight is 391 g/mol. The van der Waals surface area contributed by atoms with Crippen LogP contribution in [0.25, 0.3) is 10.4 Å². The Morgan fingerprint density at radius 1 is 1.25 bits per heavy atom. The van der Waals surface area contributed by atoms with Crippen LogP contribution in [0.2, 0.25) is 0 Å². The van der Waals surface area contributed by atoms with Crippen LogP contribution < -0.4 is 4.74 Å². The molecule has 4 rings (SSSR count). The van der Waals surface area contributed by atoms with Crippen LogP contribution in [0.1, 0.15) is 34.0 Å². The van der Waals surface area contributed by atoms with Crippen LogP contribution in [0.3, 0.4) is 0 Å². The molecular formula is C22H21N3O2S. The molecule has 1 aromatic heterocycles. The fourth-order valence-electron chi connectivity index (χ4n) is 3.39. The van der Waals surface area contributed by atoms with Crippen molar-refractivity contribution in [2.45, 2.75) is 20.0 Å². The summed E-state index contributed by atoms with van der Waals surface area (Å²) in [5, 5.41) is 0. The number of carbonyl (C=O) groups excluding carboxylic acids is 1. The highest BCUT2D eigenvalue weighted by Crippen LogP contribution is 2.33. The number of hydrogen-bond donors (Lipinski definition) is 0. The molecule has 1 aliphatic rings. The molecule has 0 radical (unpaired) electrons. The molecule has 6 heteroatoms. The van der Waals surface area contributed by atoms with E-state index in [9.17, 15) is 4.79 Å². The summed E-state index contributed by atoms with van der Waals surface area (Å²) in [6, 6.07) is 13.7. The average Bonchev–Trinajstić information content (AvgIpc) is 3.40. The van der Waals surface area contributed by atoms with Gasteiger partial charge in [-0.2, -0.15) is 0 Å². The van der Waals surface area contributed by atoms with Crippen molar-refractivity contribution in [3.05, 3.63) is 70.9 Å². The summed E-state index contributed by atoms with van der Waals surface area (Å²) >= 11 is 1.41. The molecule has 0 unspecified atom stereocenters. The topological polar surface area (TPSA) is 54.8 Å². The lowest BCUT2D eigenvalue weighted by molar-refractivity contribution is 0.0784. The summed E-state index contributed by atoms with van der Waals surface area (Å²) in [5.41, 5.74) is 5.06. The molecule has 0 bridgehead atoms. The molecule has 0 saturated carbocycles. The van der Waals surface area contributed by atoms with Gasteiger partial charge in [-0.3, -0.25) is 9.79 Å². The number of aliphatic imine (C=N–C) groups is 1. The zero-order valence-electron chi connectivity index (χ0n) is 15.9. The smallest absolute Gasteiger partial charge is 0.254 e. The van der Waals surface area contributed by atoms with Gasteiger partial charge in [-0.1, -0.05) is 18.2 Å². The Balaban J connectivity index is 1.57. The first-order valence-electron chi connectivity index (χ1n) is 9.21. The fraction of sp³-hybridized carbons (Fsp3) is 0.227. The minimum Gasteiger partial charge on any atom is -0.493 e. The summed E-state index contributed by atoms with van der Waals surface area (Å²) in [4.78, 5) is 20.1. The van der Waals surface area contributed by atoms with Gasteiger partial charge in [0.1, 0.15) is 5.75 Å². The molecule has 5 nitrogen and oxygen atoms in total. The highest BCUT2D eigenvalue weighted by Gasteiger charge is 2.18. The second-order valence-corrected chi connectivity index (χ2v) is 7.47. The van der Waals surface area contributed by atoms with Gasteiger partial charge in [0.2, 0.25) is 0 Å². The van der Waals surface area contributed by atoms with Crippen LogP contribution in [0, 0.1) is 0 Å². The number of rotatable bonds is 6. The van der Waals surface area contributed by atoms with E-state index in [1.165, 1.54) is 17.1 Å². The highest BCUT2D eigenvalue weighted by atomic mass is 32.1. The molecule has 0 fully saturated rings. The van der Waals surface area contributed by atoms with E-state index in [1.54, 1.807) is 11.1 Å². The molecule has 0 aliphatic carbocycles. The van der Waals surface area contributed by atoms with Crippen molar-refractivity contribution >= 4 is 23.7 Å². The summed E-state index contributed by atoms with van der Waals surface area (Å²) in [5.74, 6) is 0.674. The van der Waals surface area contributed by atoms with Gasteiger partial charge in [-0.05, 0) is 59.4 Å². The SMILES string of the molecule is CCOc1cc(C(=O)N(C)Cc2cccc3c2CN=C3)ccc1-c1ccns1. The minimum atomic E-state index is -0.0340. The van der Waals surface area contributed by atoms with Crippen molar-refractivity contribution in [3.8, 4) is 16.2 Å². The predicted molar refractivity (Wildman–Crippen MR) is 112 cm³/mol. The van der Waals surface area contributed by atoms with E-state index in [1.807, 2.05) is 50.5 Å². The van der Waals surface area contributed by atoms with Crippen molar-refractivity contribution < 1.29 is 9.53 Å². The van der Waals surface area contributed by atoms with E-state index >= 15 is 0 Å². The van der Waals surface area contributed by atoms with Gasteiger partial charge in [0, 0.05) is 37.1 Å². The summed E-state index contributed by atoms with van der Waals surface area (Å²) in [6.45, 7) is 3.71. The van der Waals surface area contributed by atoms with Crippen molar-refractivity contribution in [2.75, 3.05) is 13.7 Å². The van der Waals surface area contributed by atoms with E-state index in [0.29, 0.717) is 31.0 Å². The Labute approximate surface area is 168 Å². The van der Waals surface area contributed by atoms with Gasteiger partial charge in [0.15, 0.2) is 0 Å². The standard InChI is InChI=1S/C22H21N3O2S/c1-3-27-20-11-15(7-8-18(20)21-9-10-24-28-21)22(26)25(2)14-17-6-4-5-16-12-23-13-19(16)17/h4-12H,3,13-14H2,1-2H3. The Morgan fingerprint density at radius 3 is 2.93 bits per heavy atom. The lowest BCUT2D eigenvalue weighted by Crippen LogP contribution is -2.26. The Hall–Kier alpha value is -2.99. The lowest BCUT2D eigenvalue weighted by atomic mass is 10.0. The van der Waals surface area contributed by atoms with Gasteiger partial charge < -0.3 is 9.64 Å². The third-order valence-electron chi connectivity index (χ3n) is 4.77. The predicted octanol–water partition coefficient (Wildman–Crippen LogP) is 4.41. The number of fused-ring (bicyclic) bond motifs is 1. The van der Waals surface area contributed by atoms with Gasteiger partial charge in [-0.25, -0.2) is 4.37 Å². The Morgan fingerprint density at radius 2 is 2.14 bits per heavy atom. The first-order chi connectivity index (χ1) is 13.7. The number of benzene rings is 2. The molecule has 0 saturated heterocycles. The number of carbonyl (C=O) groups is 1. The van der Waals surface area contributed by atoms with Crippen molar-refractivity contribution in [1.82, 2.24) is 9.27 Å². The van der Waals surface area contributed by atoms with Crippen molar-refractivity contribution in [3.63, 3.8) is 0 Å². The van der Waals surface area contributed by atoms with Gasteiger partial charge in [0.25, 0.3) is 5.91 Å². The molecule has 2 heterocycles. The monoisotopic (exact) mass is 391 g/mol. The van der Waals surface area contributed by atoms with Crippen LogP contribution in [0.5, 0.6) is 5.75 Å². The number of ether oxygens (including phenoxy) is 1. The third kappa shape index (κ3) is 3.55. The van der Waals surface area contributed by atoms with Crippen molar-refractivity contribution in [1.29, 1.82) is 0 Å². The molecule has 3 aromatic rings. The zero-order chi connectivity index (χ0) is 19.5. The summed E-state index contributed by atoms with van der Waals surface area (Å²) in [6.07, 6.45) is 3.66. The van der Waals surface area contributed by atoms with Crippen LogP contribution >= 0.6 is 11.5 Å². The van der Waals surface area contributed by atoms with Crippen LogP contribution in [-0.2, 0) is 13.1 Å². The van der Waals surface area contributed by atoms with Gasteiger partial charge >= 0.3 is 0 Å². The van der Waals surface area contributed by atoms with Gasteiger partial charge in [-0.15, -0.1) is 0 Å². The number of hydrogen-bond acceptors (Lipinski definition) is 5. The number of aromatic nitrogens is 1. The molecule has 0 N–H and O–H groups in total. The first kappa shape index (κ1) is 18.4. The molecule has 1 amide bonds. The van der Waals surface area contributed by atoms with Gasteiger partial charge in [0.05, 0.1) is 18.0 Å². The van der Waals surface area contributed by atoms with Crippen LogP contribution in [-0.4, -0.2) is 35.0 Å². The number of amides is 1. The lowest BCUT2D eigenvalue weighted by Gasteiger charge is -2.20. The molecule has 28 heavy (non-hydrogen) atoms. The van der Waals surface area contributed by atoms with E-state index in [4.69, 9.17) is 4.74 Å². The van der Waals surface area contributed by atoms with E-state index < -0.39 is 0 Å². The summed E-state index contributed by atoms with van der Waals surface area (Å²) < 4.78 is 9.96. The molecule has 2 aromatic carbocycles.